The van der Waals surface area contributed by atoms with E-state index in [1.165, 1.54) is 11.1 Å². The van der Waals surface area contributed by atoms with Gasteiger partial charge in [-0.05, 0) is 57.9 Å². The first-order valence-electron chi connectivity index (χ1n) is 10.5. The molecule has 5 heteroatoms. The van der Waals surface area contributed by atoms with E-state index >= 15 is 0 Å². The monoisotopic (exact) mass is 461 g/mol. The van der Waals surface area contributed by atoms with E-state index in [1.54, 1.807) is 0 Å². The normalized spacial score (nSPS) is 17.8. The van der Waals surface area contributed by atoms with Crippen molar-refractivity contribution in [1.82, 2.24) is 4.90 Å². The average Bonchev–Trinajstić information content (AvgIpc) is 3.21. The minimum Gasteiger partial charge on any atom is -0.490 e. The molecule has 1 N–H and O–H groups in total. The molecule has 0 aromatic heterocycles. The lowest BCUT2D eigenvalue weighted by Crippen LogP contribution is -2.39. The molecule has 2 atom stereocenters. The zero-order chi connectivity index (χ0) is 20.6. The van der Waals surface area contributed by atoms with E-state index in [0.29, 0.717) is 12.5 Å². The predicted octanol–water partition coefficient (Wildman–Crippen LogP) is 4.99. The molecule has 3 rings (SSSR count). The molecule has 1 heterocycles. The van der Waals surface area contributed by atoms with Gasteiger partial charge in [-0.1, -0.05) is 50.2 Å². The number of benzene rings is 2. The fourth-order valence-corrected chi connectivity index (χ4v) is 4.04. The molecule has 1 aliphatic rings. The van der Waals surface area contributed by atoms with Crippen LogP contribution >= 0.6 is 15.9 Å². The Kier molecular flexibility index (Phi) is 8.54. The van der Waals surface area contributed by atoms with Gasteiger partial charge < -0.3 is 14.6 Å². The number of para-hydroxylation sites is 1. The number of nitrogens with zero attached hydrogens (tertiary/aromatic N) is 1. The minimum absolute atomic E-state index is 0.251. The van der Waals surface area contributed by atoms with Gasteiger partial charge in [-0.2, -0.15) is 0 Å². The van der Waals surface area contributed by atoms with Crippen LogP contribution in [-0.2, 0) is 11.3 Å². The van der Waals surface area contributed by atoms with Crippen molar-refractivity contribution in [3.63, 3.8) is 0 Å². The maximum Gasteiger partial charge on any atom is 0.133 e. The van der Waals surface area contributed by atoms with Gasteiger partial charge >= 0.3 is 0 Å². The highest BCUT2D eigenvalue weighted by molar-refractivity contribution is 9.10. The molecular formula is C24H32BrNO3. The summed E-state index contributed by atoms with van der Waals surface area (Å²) in [6.07, 6.45) is 1.89. The first-order valence-corrected chi connectivity index (χ1v) is 11.3. The number of aliphatic hydroxyl groups excluding tert-OH is 1. The van der Waals surface area contributed by atoms with Crippen LogP contribution in [0.4, 0.5) is 0 Å². The maximum atomic E-state index is 10.6. The molecule has 1 aliphatic heterocycles. The third-order valence-corrected chi connectivity index (χ3v) is 5.93. The predicted molar refractivity (Wildman–Crippen MR) is 120 cm³/mol. The Bertz CT molecular complexity index is 744. The molecule has 2 unspecified atom stereocenters. The first-order chi connectivity index (χ1) is 14.0. The third kappa shape index (κ3) is 7.10. The molecule has 0 bridgehead atoms. The van der Waals surface area contributed by atoms with E-state index in [1.807, 2.05) is 24.3 Å². The van der Waals surface area contributed by atoms with Crippen molar-refractivity contribution in [3.8, 4) is 5.75 Å². The van der Waals surface area contributed by atoms with E-state index in [0.717, 1.165) is 42.8 Å². The van der Waals surface area contributed by atoms with Crippen LogP contribution in [0.2, 0.25) is 0 Å². The van der Waals surface area contributed by atoms with Crippen LogP contribution in [0.15, 0.2) is 53.0 Å². The van der Waals surface area contributed by atoms with E-state index in [4.69, 9.17) is 9.47 Å². The Hall–Kier alpha value is -1.40. The molecule has 0 aliphatic carbocycles. The Labute approximate surface area is 183 Å². The largest absolute Gasteiger partial charge is 0.490 e. The smallest absolute Gasteiger partial charge is 0.133 e. The van der Waals surface area contributed by atoms with E-state index in [2.05, 4.69) is 58.9 Å². The summed E-state index contributed by atoms with van der Waals surface area (Å²) >= 11 is 3.48. The number of hydrogen-bond donors (Lipinski definition) is 1. The van der Waals surface area contributed by atoms with Gasteiger partial charge in [-0.15, -0.1) is 0 Å². The standard InChI is InChI=1S/C24H32BrNO3/c1-18(2)20-11-9-19(10-12-20)14-26(16-22-6-5-13-28-22)15-21(27)17-29-24-8-4-3-7-23(24)25/h3-4,7-12,18,21-22,27H,5-6,13-17H2,1-2H3. The maximum absolute atomic E-state index is 10.6. The molecular weight excluding hydrogens is 430 g/mol. The van der Waals surface area contributed by atoms with Crippen molar-refractivity contribution in [2.45, 2.75) is 51.4 Å². The van der Waals surface area contributed by atoms with Crippen molar-refractivity contribution in [3.05, 3.63) is 64.1 Å². The Morgan fingerprint density at radius 3 is 2.59 bits per heavy atom. The van der Waals surface area contributed by atoms with Crippen molar-refractivity contribution in [1.29, 1.82) is 0 Å². The summed E-state index contributed by atoms with van der Waals surface area (Å²) in [6.45, 7) is 7.70. The second-order valence-electron chi connectivity index (χ2n) is 8.12. The van der Waals surface area contributed by atoms with Gasteiger partial charge in [0.05, 0.1) is 10.6 Å². The van der Waals surface area contributed by atoms with Crippen LogP contribution in [0.3, 0.4) is 0 Å². The molecule has 2 aromatic carbocycles. The fourth-order valence-electron chi connectivity index (χ4n) is 3.64. The number of halogens is 1. The Morgan fingerprint density at radius 1 is 1.17 bits per heavy atom. The molecule has 158 valence electrons. The fraction of sp³-hybridized carbons (Fsp3) is 0.500. The third-order valence-electron chi connectivity index (χ3n) is 5.28. The summed E-state index contributed by atoms with van der Waals surface area (Å²) in [5.41, 5.74) is 2.60. The zero-order valence-corrected chi connectivity index (χ0v) is 19.0. The molecule has 0 amide bonds. The molecule has 0 radical (unpaired) electrons. The summed E-state index contributed by atoms with van der Waals surface area (Å²) < 4.78 is 12.5. The summed E-state index contributed by atoms with van der Waals surface area (Å²) in [4.78, 5) is 2.29. The van der Waals surface area contributed by atoms with Crippen molar-refractivity contribution in [2.24, 2.45) is 0 Å². The average molecular weight is 462 g/mol. The Morgan fingerprint density at radius 2 is 1.93 bits per heavy atom. The number of aliphatic hydroxyl groups is 1. The van der Waals surface area contributed by atoms with E-state index in [-0.39, 0.29) is 12.7 Å². The molecule has 1 fully saturated rings. The zero-order valence-electron chi connectivity index (χ0n) is 17.4. The molecule has 29 heavy (non-hydrogen) atoms. The van der Waals surface area contributed by atoms with Crippen LogP contribution in [-0.4, -0.2) is 48.5 Å². The van der Waals surface area contributed by atoms with Crippen molar-refractivity contribution < 1.29 is 14.6 Å². The van der Waals surface area contributed by atoms with Crippen molar-refractivity contribution >= 4 is 15.9 Å². The van der Waals surface area contributed by atoms with E-state index < -0.39 is 6.10 Å². The lowest BCUT2D eigenvalue weighted by molar-refractivity contribution is 0.0312. The molecule has 4 nitrogen and oxygen atoms in total. The van der Waals surface area contributed by atoms with Crippen LogP contribution in [0, 0.1) is 0 Å². The number of rotatable bonds is 10. The topological polar surface area (TPSA) is 41.9 Å². The minimum atomic E-state index is -0.571. The van der Waals surface area contributed by atoms with Gasteiger partial charge in [-0.3, -0.25) is 4.90 Å². The number of ether oxygens (including phenoxy) is 2. The van der Waals surface area contributed by atoms with E-state index in [9.17, 15) is 5.11 Å². The summed E-state index contributed by atoms with van der Waals surface area (Å²) in [5.74, 6) is 1.28. The highest BCUT2D eigenvalue weighted by Gasteiger charge is 2.21. The second kappa shape index (κ2) is 11.1. The molecule has 2 aromatic rings. The summed E-state index contributed by atoms with van der Waals surface area (Å²) in [6, 6.07) is 16.5. The highest BCUT2D eigenvalue weighted by atomic mass is 79.9. The van der Waals surface area contributed by atoms with Crippen molar-refractivity contribution in [2.75, 3.05) is 26.3 Å². The quantitative estimate of drug-likeness (QED) is 0.540. The van der Waals surface area contributed by atoms with Crippen LogP contribution in [0.25, 0.3) is 0 Å². The number of hydrogen-bond acceptors (Lipinski definition) is 4. The molecule has 1 saturated heterocycles. The van der Waals surface area contributed by atoms with Gasteiger partial charge in [-0.25, -0.2) is 0 Å². The highest BCUT2D eigenvalue weighted by Crippen LogP contribution is 2.24. The summed E-state index contributed by atoms with van der Waals surface area (Å²) in [5, 5.41) is 10.6. The van der Waals surface area contributed by atoms with Gasteiger partial charge in [0.2, 0.25) is 0 Å². The SMILES string of the molecule is CC(C)c1ccc(CN(CC(O)COc2ccccc2Br)CC2CCCO2)cc1. The van der Waals surface area contributed by atoms with Crippen LogP contribution in [0.1, 0.15) is 43.7 Å². The summed E-state index contributed by atoms with van der Waals surface area (Å²) in [7, 11) is 0. The van der Waals surface area contributed by atoms with Gasteiger partial charge in [0.1, 0.15) is 18.5 Å². The Balaban J connectivity index is 1.59. The first kappa shape index (κ1) is 22.3. The van der Waals surface area contributed by atoms with Gasteiger partial charge in [0, 0.05) is 26.2 Å². The molecule has 0 spiro atoms. The molecule has 0 saturated carbocycles. The lowest BCUT2D eigenvalue weighted by Gasteiger charge is -2.27. The lowest BCUT2D eigenvalue weighted by atomic mass is 10.0. The second-order valence-corrected chi connectivity index (χ2v) is 8.97. The van der Waals surface area contributed by atoms with Gasteiger partial charge in [0.15, 0.2) is 0 Å². The van der Waals surface area contributed by atoms with Gasteiger partial charge in [0.25, 0.3) is 0 Å². The van der Waals surface area contributed by atoms with Crippen LogP contribution < -0.4 is 4.74 Å². The van der Waals surface area contributed by atoms with Crippen LogP contribution in [0.5, 0.6) is 5.75 Å².